The van der Waals surface area contributed by atoms with E-state index in [0.29, 0.717) is 5.41 Å². The molecular weight excluding hydrogens is 108 g/mol. The molecule has 0 heterocycles. The highest BCUT2D eigenvalue weighted by Crippen LogP contribution is 2.31. The van der Waals surface area contributed by atoms with Crippen LogP contribution in [0.3, 0.4) is 0 Å². The van der Waals surface area contributed by atoms with Gasteiger partial charge in [-0.25, -0.2) is 0 Å². The molecule has 0 heteroatoms. The lowest BCUT2D eigenvalue weighted by molar-refractivity contribution is 0.215. The van der Waals surface area contributed by atoms with Gasteiger partial charge in [-0.2, -0.15) is 0 Å². The Labute approximate surface area is 59.7 Å². The van der Waals surface area contributed by atoms with Crippen molar-refractivity contribution in [2.24, 2.45) is 11.3 Å². The minimum Gasteiger partial charge on any atom is -0.0651 e. The highest BCUT2D eigenvalue weighted by atomic mass is 14.3. The zero-order valence-corrected chi connectivity index (χ0v) is 7.49. The van der Waals surface area contributed by atoms with Crippen LogP contribution in [-0.2, 0) is 0 Å². The molecule has 0 bridgehead atoms. The van der Waals surface area contributed by atoms with E-state index in [1.54, 1.807) is 0 Å². The fourth-order valence-corrected chi connectivity index (χ4v) is 0.901. The third kappa shape index (κ3) is 2.38. The van der Waals surface area contributed by atoms with Crippen molar-refractivity contribution < 1.29 is 0 Å². The third-order valence-corrected chi connectivity index (χ3v) is 2.86. The van der Waals surface area contributed by atoms with Gasteiger partial charge in [-0.1, -0.05) is 47.5 Å². The van der Waals surface area contributed by atoms with E-state index in [4.69, 9.17) is 0 Å². The molecule has 1 unspecified atom stereocenters. The smallest absolute Gasteiger partial charge is 0.0331 e. The molecule has 0 aliphatic rings. The molecule has 0 aliphatic heterocycles. The normalized spacial score (nSPS) is 15.7. The molecule has 0 radical (unpaired) electrons. The third-order valence-electron chi connectivity index (χ3n) is 2.86. The van der Waals surface area contributed by atoms with Gasteiger partial charge in [0.25, 0.3) is 0 Å². The Bertz CT molecular complexity index is 72.1. The van der Waals surface area contributed by atoms with Crippen molar-refractivity contribution >= 4 is 0 Å². The molecule has 0 saturated carbocycles. The summed E-state index contributed by atoms with van der Waals surface area (Å²) in [7, 11) is 0. The van der Waals surface area contributed by atoms with E-state index in [2.05, 4.69) is 34.6 Å². The molecule has 0 fully saturated rings. The molecule has 0 N–H and O–H groups in total. The van der Waals surface area contributed by atoms with E-state index in [9.17, 15) is 0 Å². The van der Waals surface area contributed by atoms with Gasteiger partial charge in [0.05, 0.1) is 0 Å². The molecule has 0 spiro atoms. The summed E-state index contributed by atoms with van der Waals surface area (Å²) in [5.74, 6) is 0.863. The van der Waals surface area contributed by atoms with E-state index in [-0.39, 0.29) is 0 Å². The molecule has 1 atom stereocenters. The molecule has 0 aromatic carbocycles. The molecular formula is C9H20. The fourth-order valence-electron chi connectivity index (χ4n) is 0.901. The van der Waals surface area contributed by atoms with E-state index < -0.39 is 0 Å². The molecule has 0 aromatic heterocycles. The second kappa shape index (κ2) is 3.24. The monoisotopic (exact) mass is 128 g/mol. The first kappa shape index (κ1) is 9.00. The van der Waals surface area contributed by atoms with Crippen LogP contribution in [0.5, 0.6) is 0 Å². The Hall–Kier alpha value is 0. The van der Waals surface area contributed by atoms with E-state index in [1.807, 2.05) is 0 Å². The van der Waals surface area contributed by atoms with Crippen LogP contribution < -0.4 is 0 Å². The molecule has 0 aliphatic carbocycles. The van der Waals surface area contributed by atoms with Crippen molar-refractivity contribution in [1.29, 1.82) is 0 Å². The summed E-state index contributed by atoms with van der Waals surface area (Å²) in [6.45, 7) is 11.6. The summed E-state index contributed by atoms with van der Waals surface area (Å²) in [5.41, 5.74) is 0.550. The summed E-state index contributed by atoms with van der Waals surface area (Å²) >= 11 is 0. The maximum atomic E-state index is 2.35. The van der Waals surface area contributed by atoms with Crippen molar-refractivity contribution in [2.45, 2.75) is 47.5 Å². The summed E-state index contributed by atoms with van der Waals surface area (Å²) in [5, 5.41) is 0. The van der Waals surface area contributed by atoms with Crippen LogP contribution in [-0.4, -0.2) is 0 Å². The Morgan fingerprint density at radius 2 is 1.67 bits per heavy atom. The Morgan fingerprint density at radius 3 is 1.78 bits per heavy atom. The first-order valence-corrected chi connectivity index (χ1v) is 4.04. The van der Waals surface area contributed by atoms with Gasteiger partial charge in [0.2, 0.25) is 0 Å². The number of hydrogen-bond acceptors (Lipinski definition) is 0. The minimum atomic E-state index is 0.550. The van der Waals surface area contributed by atoms with Gasteiger partial charge in [0.1, 0.15) is 0 Å². The van der Waals surface area contributed by atoms with Crippen LogP contribution in [0, 0.1) is 11.3 Å². The van der Waals surface area contributed by atoms with Gasteiger partial charge in [0, 0.05) is 0 Å². The second-order valence-corrected chi connectivity index (χ2v) is 3.65. The van der Waals surface area contributed by atoms with Crippen molar-refractivity contribution in [1.82, 2.24) is 0 Å². The molecule has 0 saturated heterocycles. The average Bonchev–Trinajstić information content (AvgIpc) is 1.86. The quantitative estimate of drug-likeness (QED) is 0.546. The zero-order valence-electron chi connectivity index (χ0n) is 7.49. The highest BCUT2D eigenvalue weighted by molar-refractivity contribution is 4.71. The lowest BCUT2D eigenvalue weighted by atomic mass is 9.77. The first-order valence-electron chi connectivity index (χ1n) is 4.04. The Morgan fingerprint density at radius 1 is 1.22 bits per heavy atom. The summed E-state index contributed by atoms with van der Waals surface area (Å²) in [4.78, 5) is 0. The largest absolute Gasteiger partial charge is 0.0651 e. The van der Waals surface area contributed by atoms with E-state index in [1.165, 1.54) is 12.8 Å². The Balaban J connectivity index is 3.80. The predicted octanol–water partition coefficient (Wildman–Crippen LogP) is 3.47. The molecule has 9 heavy (non-hydrogen) atoms. The van der Waals surface area contributed by atoms with Crippen molar-refractivity contribution in [2.75, 3.05) is 0 Å². The maximum absolute atomic E-state index is 2.35. The van der Waals surface area contributed by atoms with Gasteiger partial charge in [0.15, 0.2) is 0 Å². The van der Waals surface area contributed by atoms with Crippen LogP contribution in [0.25, 0.3) is 0 Å². The Kier molecular flexibility index (Phi) is 3.24. The van der Waals surface area contributed by atoms with Crippen molar-refractivity contribution in [3.05, 3.63) is 0 Å². The molecule has 0 nitrogen and oxygen atoms in total. The topological polar surface area (TPSA) is 0 Å². The maximum Gasteiger partial charge on any atom is -0.0331 e. The fraction of sp³-hybridized carbons (Fsp3) is 1.00. The predicted molar refractivity (Wildman–Crippen MR) is 43.5 cm³/mol. The molecule has 0 amide bonds. The average molecular weight is 128 g/mol. The highest BCUT2D eigenvalue weighted by Gasteiger charge is 2.21. The standard InChI is InChI=1S/C9H20/c1-6-8(3)9(4,5)7-2/h8H,6-7H2,1-5H3. The summed E-state index contributed by atoms with van der Waals surface area (Å²) in [6, 6.07) is 0. The van der Waals surface area contributed by atoms with Gasteiger partial charge in [-0.15, -0.1) is 0 Å². The summed E-state index contributed by atoms with van der Waals surface area (Å²) in [6.07, 6.45) is 2.60. The zero-order chi connectivity index (χ0) is 7.49. The van der Waals surface area contributed by atoms with Gasteiger partial charge >= 0.3 is 0 Å². The van der Waals surface area contributed by atoms with Crippen LogP contribution in [0.2, 0.25) is 0 Å². The SMILES string of the molecule is CCC(C)C(C)(C)CC. The van der Waals surface area contributed by atoms with Crippen LogP contribution in [0.1, 0.15) is 47.5 Å². The summed E-state index contributed by atoms with van der Waals surface area (Å²) < 4.78 is 0. The van der Waals surface area contributed by atoms with Crippen LogP contribution in [0.4, 0.5) is 0 Å². The first-order chi connectivity index (χ1) is 4.04. The van der Waals surface area contributed by atoms with Crippen molar-refractivity contribution in [3.63, 3.8) is 0 Å². The minimum absolute atomic E-state index is 0.550. The van der Waals surface area contributed by atoms with Gasteiger partial charge in [-0.05, 0) is 11.3 Å². The molecule has 0 rings (SSSR count). The molecule has 0 aromatic rings. The van der Waals surface area contributed by atoms with Crippen LogP contribution in [0.15, 0.2) is 0 Å². The van der Waals surface area contributed by atoms with E-state index >= 15 is 0 Å². The van der Waals surface area contributed by atoms with Crippen molar-refractivity contribution in [3.8, 4) is 0 Å². The van der Waals surface area contributed by atoms with Gasteiger partial charge < -0.3 is 0 Å². The number of hydrogen-bond donors (Lipinski definition) is 0. The second-order valence-electron chi connectivity index (χ2n) is 3.65. The van der Waals surface area contributed by atoms with Gasteiger partial charge in [-0.3, -0.25) is 0 Å². The number of rotatable bonds is 3. The lowest BCUT2D eigenvalue weighted by Crippen LogP contribution is -2.19. The molecule has 56 valence electrons. The van der Waals surface area contributed by atoms with E-state index in [0.717, 1.165) is 5.92 Å². The van der Waals surface area contributed by atoms with Crippen LogP contribution >= 0.6 is 0 Å². The lowest BCUT2D eigenvalue weighted by Gasteiger charge is -2.29.